The highest BCUT2D eigenvalue weighted by molar-refractivity contribution is 5.61. The van der Waals surface area contributed by atoms with Crippen LogP contribution >= 0.6 is 0 Å². The summed E-state index contributed by atoms with van der Waals surface area (Å²) in [7, 11) is 0. The molecule has 123 valence electrons. The van der Waals surface area contributed by atoms with E-state index in [1.165, 1.54) is 25.7 Å². The van der Waals surface area contributed by atoms with Crippen molar-refractivity contribution in [1.29, 1.82) is 5.26 Å². The molecule has 0 atom stereocenters. The number of ether oxygens (including phenoxy) is 1. The second-order valence-corrected chi connectivity index (χ2v) is 6.21. The summed E-state index contributed by atoms with van der Waals surface area (Å²) in [6.45, 7) is 2.76. The molecule has 0 bridgehead atoms. The molecular formula is C20H22N3O. The van der Waals surface area contributed by atoms with Crippen molar-refractivity contribution >= 4 is 0 Å². The lowest BCUT2D eigenvalue weighted by molar-refractivity contribution is 0.220. The highest BCUT2D eigenvalue weighted by atomic mass is 16.5. The predicted molar refractivity (Wildman–Crippen MR) is 93.3 cm³/mol. The molecule has 0 saturated heterocycles. The normalized spacial score (nSPS) is 15.0. The van der Waals surface area contributed by atoms with E-state index in [-0.39, 0.29) is 0 Å². The molecule has 1 aromatic carbocycles. The molecule has 0 unspecified atom stereocenters. The number of rotatable bonds is 5. The van der Waals surface area contributed by atoms with E-state index in [2.05, 4.69) is 29.4 Å². The Morgan fingerprint density at radius 2 is 1.96 bits per heavy atom. The Hall–Kier alpha value is -2.41. The van der Waals surface area contributed by atoms with Gasteiger partial charge < -0.3 is 4.74 Å². The van der Waals surface area contributed by atoms with Gasteiger partial charge in [0.25, 0.3) is 0 Å². The van der Waals surface area contributed by atoms with Crippen molar-refractivity contribution in [3.05, 3.63) is 48.1 Å². The molecule has 1 heterocycles. The molecule has 1 aliphatic carbocycles. The number of nitrogens with zero attached hydrogens (tertiary/aromatic N) is 3. The maximum absolute atomic E-state index is 9.43. The summed E-state index contributed by atoms with van der Waals surface area (Å²) in [6.07, 6.45) is 11.6. The van der Waals surface area contributed by atoms with Gasteiger partial charge in [0.1, 0.15) is 11.8 Å². The molecular weight excluding hydrogens is 298 g/mol. The summed E-state index contributed by atoms with van der Waals surface area (Å²) in [5.74, 6) is 1.88. The molecule has 1 radical (unpaired) electrons. The minimum Gasteiger partial charge on any atom is -0.492 e. The summed E-state index contributed by atoms with van der Waals surface area (Å²) in [5.41, 5.74) is 2.48. The van der Waals surface area contributed by atoms with Crippen LogP contribution in [0.3, 0.4) is 0 Å². The van der Waals surface area contributed by atoms with Crippen LogP contribution in [0.1, 0.15) is 43.7 Å². The first-order chi connectivity index (χ1) is 11.8. The van der Waals surface area contributed by atoms with Gasteiger partial charge >= 0.3 is 0 Å². The third kappa shape index (κ3) is 3.91. The predicted octanol–water partition coefficient (Wildman–Crippen LogP) is 4.35. The van der Waals surface area contributed by atoms with Crippen molar-refractivity contribution < 1.29 is 4.74 Å². The van der Waals surface area contributed by atoms with Crippen molar-refractivity contribution in [2.24, 2.45) is 5.92 Å². The maximum Gasteiger partial charge on any atom is 0.159 e. The van der Waals surface area contributed by atoms with Crippen molar-refractivity contribution in [3.8, 4) is 23.2 Å². The minimum absolute atomic E-state index is 0.540. The third-order valence-electron chi connectivity index (χ3n) is 4.50. The molecule has 4 heteroatoms. The van der Waals surface area contributed by atoms with Crippen LogP contribution in [0.25, 0.3) is 11.4 Å². The average Bonchev–Trinajstić information content (AvgIpc) is 2.67. The summed E-state index contributed by atoms with van der Waals surface area (Å²) in [6, 6.07) is 7.82. The van der Waals surface area contributed by atoms with E-state index in [1.54, 1.807) is 0 Å². The second-order valence-electron chi connectivity index (χ2n) is 6.21. The second kappa shape index (κ2) is 7.92. The van der Waals surface area contributed by atoms with Crippen molar-refractivity contribution in [2.75, 3.05) is 6.61 Å². The van der Waals surface area contributed by atoms with Gasteiger partial charge in [0.2, 0.25) is 0 Å². The highest BCUT2D eigenvalue weighted by Gasteiger charge is 2.15. The molecule has 0 N–H and O–H groups in total. The van der Waals surface area contributed by atoms with Gasteiger partial charge in [-0.1, -0.05) is 6.92 Å². The molecule has 24 heavy (non-hydrogen) atoms. The zero-order valence-corrected chi connectivity index (χ0v) is 14.0. The third-order valence-corrected chi connectivity index (χ3v) is 4.50. The molecule has 0 amide bonds. The van der Waals surface area contributed by atoms with E-state index in [1.807, 2.05) is 30.6 Å². The Kier molecular flexibility index (Phi) is 5.43. The molecule has 3 rings (SSSR count). The van der Waals surface area contributed by atoms with Crippen molar-refractivity contribution in [2.45, 2.75) is 39.0 Å². The quantitative estimate of drug-likeness (QED) is 0.821. The van der Waals surface area contributed by atoms with Crippen LogP contribution in [0.15, 0.2) is 30.6 Å². The fourth-order valence-electron chi connectivity index (χ4n) is 2.94. The Morgan fingerprint density at radius 3 is 2.62 bits per heavy atom. The molecule has 1 aliphatic rings. The van der Waals surface area contributed by atoms with E-state index >= 15 is 0 Å². The molecule has 1 fully saturated rings. The zero-order chi connectivity index (χ0) is 16.8. The van der Waals surface area contributed by atoms with Crippen LogP contribution in [0.2, 0.25) is 0 Å². The Morgan fingerprint density at radius 1 is 1.21 bits per heavy atom. The standard InChI is InChI=1S/C20H22N3O/c1-2-15-12-22-20(23-13-15)17-8-9-19(18(10-17)11-21)24-14-16-6-4-3-5-7-16/h3,8-10,12-13,16H,2,4-7,14H2,1H3. The number of aryl methyl sites for hydroxylation is 1. The van der Waals surface area contributed by atoms with Gasteiger partial charge in [-0.05, 0) is 68.2 Å². The van der Waals surface area contributed by atoms with Crippen LogP contribution < -0.4 is 4.74 Å². The lowest BCUT2D eigenvalue weighted by Gasteiger charge is -2.21. The van der Waals surface area contributed by atoms with Gasteiger partial charge in [0.15, 0.2) is 5.82 Å². The van der Waals surface area contributed by atoms with Crippen LogP contribution in [0.4, 0.5) is 0 Å². The van der Waals surface area contributed by atoms with Crippen LogP contribution in [-0.2, 0) is 6.42 Å². The first-order valence-electron chi connectivity index (χ1n) is 8.60. The lowest BCUT2D eigenvalue weighted by atomic mass is 9.90. The SMILES string of the molecule is CCc1cnc(-c2ccc(OCC3CC[CH]CC3)c(C#N)c2)nc1. The van der Waals surface area contributed by atoms with E-state index in [9.17, 15) is 5.26 Å². The summed E-state index contributed by atoms with van der Waals surface area (Å²) >= 11 is 0. The number of nitriles is 1. The Labute approximate surface area is 143 Å². The van der Waals surface area contributed by atoms with Crippen molar-refractivity contribution in [3.63, 3.8) is 0 Å². The van der Waals surface area contributed by atoms with E-state index in [4.69, 9.17) is 4.74 Å². The van der Waals surface area contributed by atoms with E-state index in [0.29, 0.717) is 29.7 Å². The van der Waals surface area contributed by atoms with Crippen LogP contribution in [0.5, 0.6) is 5.75 Å². The van der Waals surface area contributed by atoms with Crippen LogP contribution in [-0.4, -0.2) is 16.6 Å². The van der Waals surface area contributed by atoms with Gasteiger partial charge in [-0.2, -0.15) is 5.26 Å². The Bertz CT molecular complexity index is 713. The fraction of sp³-hybridized carbons (Fsp3) is 0.400. The van der Waals surface area contributed by atoms with Gasteiger partial charge in [-0.25, -0.2) is 9.97 Å². The smallest absolute Gasteiger partial charge is 0.159 e. The topological polar surface area (TPSA) is 58.8 Å². The summed E-state index contributed by atoms with van der Waals surface area (Å²) < 4.78 is 5.92. The lowest BCUT2D eigenvalue weighted by Crippen LogP contribution is -2.15. The first-order valence-corrected chi connectivity index (χ1v) is 8.60. The minimum atomic E-state index is 0.540. The number of hydrogen-bond donors (Lipinski definition) is 0. The van der Waals surface area contributed by atoms with E-state index < -0.39 is 0 Å². The highest BCUT2D eigenvalue weighted by Crippen LogP contribution is 2.27. The van der Waals surface area contributed by atoms with Crippen LogP contribution in [0, 0.1) is 23.7 Å². The van der Waals surface area contributed by atoms with Gasteiger partial charge in [0.05, 0.1) is 12.2 Å². The van der Waals surface area contributed by atoms with Gasteiger partial charge in [-0.15, -0.1) is 0 Å². The van der Waals surface area contributed by atoms with Gasteiger partial charge in [0, 0.05) is 18.0 Å². The summed E-state index contributed by atoms with van der Waals surface area (Å²) in [5, 5.41) is 9.43. The monoisotopic (exact) mass is 320 g/mol. The molecule has 0 aliphatic heterocycles. The largest absolute Gasteiger partial charge is 0.492 e. The summed E-state index contributed by atoms with van der Waals surface area (Å²) in [4.78, 5) is 8.76. The maximum atomic E-state index is 9.43. The average molecular weight is 320 g/mol. The van der Waals surface area contributed by atoms with E-state index in [0.717, 1.165) is 17.5 Å². The van der Waals surface area contributed by atoms with Gasteiger partial charge in [-0.3, -0.25) is 0 Å². The first kappa shape index (κ1) is 16.4. The fourth-order valence-corrected chi connectivity index (χ4v) is 2.94. The number of hydrogen-bond acceptors (Lipinski definition) is 4. The molecule has 1 saturated carbocycles. The molecule has 0 spiro atoms. The molecule has 1 aromatic heterocycles. The molecule has 4 nitrogen and oxygen atoms in total. The number of benzene rings is 1. The van der Waals surface area contributed by atoms with Crippen molar-refractivity contribution in [1.82, 2.24) is 9.97 Å². The molecule has 2 aromatic rings. The Balaban J connectivity index is 1.73. The zero-order valence-electron chi connectivity index (χ0n) is 14.0. The number of aromatic nitrogens is 2.